The summed E-state index contributed by atoms with van der Waals surface area (Å²) in [5.74, 6) is 0.652. The molecule has 0 saturated heterocycles. The number of hydrogen-bond donors (Lipinski definition) is 1. The van der Waals surface area contributed by atoms with Crippen molar-refractivity contribution in [1.29, 1.82) is 0 Å². The van der Waals surface area contributed by atoms with Gasteiger partial charge in [-0.15, -0.1) is 0 Å². The minimum atomic E-state index is -0.0494. The lowest BCUT2D eigenvalue weighted by molar-refractivity contribution is 0.136. The summed E-state index contributed by atoms with van der Waals surface area (Å²) in [6.07, 6.45) is 7.25. The minimum absolute atomic E-state index is 0.0494. The lowest BCUT2D eigenvalue weighted by Crippen LogP contribution is -2.37. The van der Waals surface area contributed by atoms with Gasteiger partial charge in [0, 0.05) is 39.1 Å². The van der Waals surface area contributed by atoms with Crippen LogP contribution in [0.5, 0.6) is 5.75 Å². The van der Waals surface area contributed by atoms with Gasteiger partial charge in [0.05, 0.1) is 10.6 Å². The summed E-state index contributed by atoms with van der Waals surface area (Å²) >= 11 is 3.46. The number of methoxy groups -OCH3 is 1. The SMILES string of the molecule is COCCCNC1CCC(Oc2cc(=O)n(C)cc2Br)CC1. The van der Waals surface area contributed by atoms with Gasteiger partial charge in [-0.1, -0.05) is 0 Å². The van der Waals surface area contributed by atoms with Crippen LogP contribution in [-0.2, 0) is 11.8 Å². The molecule has 0 amide bonds. The smallest absolute Gasteiger partial charge is 0.254 e. The molecule has 1 aromatic rings. The van der Waals surface area contributed by atoms with E-state index in [0.717, 1.165) is 49.7 Å². The van der Waals surface area contributed by atoms with Crippen molar-refractivity contribution in [3.63, 3.8) is 0 Å². The normalized spacial score (nSPS) is 21.8. The number of ether oxygens (including phenoxy) is 2. The first kappa shape index (κ1) is 17.5. The third kappa shape index (κ3) is 5.11. The molecule has 2 rings (SSSR count). The molecule has 0 aliphatic heterocycles. The Morgan fingerprint density at radius 3 is 2.77 bits per heavy atom. The maximum Gasteiger partial charge on any atom is 0.254 e. The van der Waals surface area contributed by atoms with Gasteiger partial charge in [-0.2, -0.15) is 0 Å². The number of nitrogens with zero attached hydrogens (tertiary/aromatic N) is 1. The van der Waals surface area contributed by atoms with Gasteiger partial charge < -0.3 is 19.4 Å². The number of nitrogens with one attached hydrogen (secondary N) is 1. The van der Waals surface area contributed by atoms with E-state index in [2.05, 4.69) is 21.2 Å². The summed E-state index contributed by atoms with van der Waals surface area (Å²) in [6, 6.07) is 2.13. The third-order valence-corrected chi connectivity index (χ3v) is 4.67. The molecular formula is C16H25BrN2O3. The van der Waals surface area contributed by atoms with Gasteiger partial charge in [0.2, 0.25) is 0 Å². The van der Waals surface area contributed by atoms with E-state index < -0.39 is 0 Å². The highest BCUT2D eigenvalue weighted by Gasteiger charge is 2.22. The Bertz CT molecular complexity index is 525. The molecule has 6 heteroatoms. The molecule has 1 N–H and O–H groups in total. The van der Waals surface area contributed by atoms with Crippen LogP contribution < -0.4 is 15.6 Å². The van der Waals surface area contributed by atoms with Crippen LogP contribution in [0.3, 0.4) is 0 Å². The van der Waals surface area contributed by atoms with E-state index in [1.807, 2.05) is 0 Å². The molecule has 1 fully saturated rings. The quantitative estimate of drug-likeness (QED) is 0.746. The maximum atomic E-state index is 11.7. The molecule has 22 heavy (non-hydrogen) atoms. The van der Waals surface area contributed by atoms with E-state index in [1.54, 1.807) is 26.4 Å². The van der Waals surface area contributed by atoms with Gasteiger partial charge in [-0.05, 0) is 54.6 Å². The van der Waals surface area contributed by atoms with Crippen LogP contribution in [-0.4, -0.2) is 37.0 Å². The van der Waals surface area contributed by atoms with Gasteiger partial charge in [0.1, 0.15) is 5.75 Å². The topological polar surface area (TPSA) is 52.5 Å². The van der Waals surface area contributed by atoms with Crippen molar-refractivity contribution in [2.45, 2.75) is 44.2 Å². The number of hydrogen-bond acceptors (Lipinski definition) is 4. The second kappa shape index (κ2) is 8.70. The molecule has 124 valence electrons. The van der Waals surface area contributed by atoms with Crippen molar-refractivity contribution in [1.82, 2.24) is 9.88 Å². The van der Waals surface area contributed by atoms with Crippen molar-refractivity contribution in [2.24, 2.45) is 7.05 Å². The van der Waals surface area contributed by atoms with Crippen LogP contribution in [0.15, 0.2) is 21.5 Å². The van der Waals surface area contributed by atoms with E-state index in [0.29, 0.717) is 11.8 Å². The van der Waals surface area contributed by atoms with Crippen LogP contribution in [0.25, 0.3) is 0 Å². The lowest BCUT2D eigenvalue weighted by atomic mass is 9.93. The van der Waals surface area contributed by atoms with Gasteiger partial charge >= 0.3 is 0 Å². The zero-order valence-corrected chi connectivity index (χ0v) is 14.9. The van der Waals surface area contributed by atoms with Crippen LogP contribution in [0.4, 0.5) is 0 Å². The summed E-state index contributed by atoms with van der Waals surface area (Å²) in [4.78, 5) is 11.7. The third-order valence-electron chi connectivity index (χ3n) is 4.07. The van der Waals surface area contributed by atoms with Crippen LogP contribution in [0, 0.1) is 0 Å². The second-order valence-corrected chi connectivity index (χ2v) is 6.68. The largest absolute Gasteiger partial charge is 0.489 e. The van der Waals surface area contributed by atoms with Gasteiger partial charge in [0.15, 0.2) is 0 Å². The van der Waals surface area contributed by atoms with Gasteiger partial charge in [0.25, 0.3) is 5.56 Å². The number of halogens is 1. The first-order chi connectivity index (χ1) is 10.6. The molecule has 1 aliphatic rings. The average molecular weight is 373 g/mol. The molecule has 0 radical (unpaired) electrons. The maximum absolute atomic E-state index is 11.7. The number of aromatic nitrogens is 1. The zero-order valence-electron chi connectivity index (χ0n) is 13.3. The highest BCUT2D eigenvalue weighted by atomic mass is 79.9. The zero-order chi connectivity index (χ0) is 15.9. The Labute approximate surface area is 140 Å². The molecular weight excluding hydrogens is 348 g/mol. The Morgan fingerprint density at radius 2 is 2.09 bits per heavy atom. The Hall–Kier alpha value is -0.850. The first-order valence-corrected chi connectivity index (χ1v) is 8.64. The standard InChI is InChI=1S/C16H25BrN2O3/c1-19-11-14(17)15(10-16(19)20)22-13-6-4-12(5-7-13)18-8-3-9-21-2/h10-13,18H,3-9H2,1-2H3. The van der Waals surface area contributed by atoms with E-state index in [9.17, 15) is 4.79 Å². The van der Waals surface area contributed by atoms with E-state index in [-0.39, 0.29) is 11.7 Å². The fraction of sp³-hybridized carbons (Fsp3) is 0.688. The number of rotatable bonds is 7. The number of aryl methyl sites for hydroxylation is 1. The van der Waals surface area contributed by atoms with Crippen LogP contribution in [0.1, 0.15) is 32.1 Å². The molecule has 1 aliphatic carbocycles. The van der Waals surface area contributed by atoms with Crippen molar-refractivity contribution >= 4 is 15.9 Å². The van der Waals surface area contributed by atoms with E-state index in [1.165, 1.54) is 4.57 Å². The molecule has 5 nitrogen and oxygen atoms in total. The molecule has 0 aromatic carbocycles. The van der Waals surface area contributed by atoms with Crippen molar-refractivity contribution in [2.75, 3.05) is 20.3 Å². The summed E-state index contributed by atoms with van der Waals surface area (Å²) in [7, 11) is 3.47. The van der Waals surface area contributed by atoms with Gasteiger partial charge in [-0.25, -0.2) is 0 Å². The fourth-order valence-electron chi connectivity index (χ4n) is 2.76. The second-order valence-electron chi connectivity index (χ2n) is 5.83. The van der Waals surface area contributed by atoms with E-state index in [4.69, 9.17) is 9.47 Å². The molecule has 0 spiro atoms. The van der Waals surface area contributed by atoms with Crippen LogP contribution in [0.2, 0.25) is 0 Å². The average Bonchev–Trinajstić information content (AvgIpc) is 2.51. The molecule has 1 heterocycles. The Balaban J connectivity index is 1.78. The minimum Gasteiger partial charge on any atom is -0.489 e. The van der Waals surface area contributed by atoms with Crippen molar-refractivity contribution in [3.8, 4) is 5.75 Å². The summed E-state index contributed by atoms with van der Waals surface area (Å²) < 4.78 is 13.4. The van der Waals surface area contributed by atoms with Crippen LogP contribution >= 0.6 is 15.9 Å². The lowest BCUT2D eigenvalue weighted by Gasteiger charge is -2.30. The summed E-state index contributed by atoms with van der Waals surface area (Å²) in [5, 5.41) is 3.57. The predicted molar refractivity (Wildman–Crippen MR) is 90.6 cm³/mol. The molecule has 0 atom stereocenters. The first-order valence-electron chi connectivity index (χ1n) is 7.85. The highest BCUT2D eigenvalue weighted by Crippen LogP contribution is 2.28. The fourth-order valence-corrected chi connectivity index (χ4v) is 3.27. The Kier molecular flexibility index (Phi) is 6.92. The van der Waals surface area contributed by atoms with Crippen molar-refractivity contribution < 1.29 is 9.47 Å². The number of pyridine rings is 1. The predicted octanol–water partition coefficient (Wildman–Crippen LogP) is 2.46. The summed E-state index contributed by atoms with van der Waals surface area (Å²) in [5.41, 5.74) is -0.0494. The molecule has 1 aromatic heterocycles. The monoisotopic (exact) mass is 372 g/mol. The van der Waals surface area contributed by atoms with E-state index >= 15 is 0 Å². The Morgan fingerprint density at radius 1 is 1.36 bits per heavy atom. The molecule has 1 saturated carbocycles. The van der Waals surface area contributed by atoms with Gasteiger partial charge in [-0.3, -0.25) is 4.79 Å². The molecule has 0 bridgehead atoms. The highest BCUT2D eigenvalue weighted by molar-refractivity contribution is 9.10. The molecule has 0 unspecified atom stereocenters. The summed E-state index contributed by atoms with van der Waals surface area (Å²) in [6.45, 7) is 1.81. The van der Waals surface area contributed by atoms with Crippen molar-refractivity contribution in [3.05, 3.63) is 27.1 Å².